The van der Waals surface area contributed by atoms with Gasteiger partial charge >= 0.3 is 0 Å². The van der Waals surface area contributed by atoms with Crippen molar-refractivity contribution < 1.29 is 4.74 Å². The predicted octanol–water partition coefficient (Wildman–Crippen LogP) is 2.68. The fraction of sp³-hybridized carbons (Fsp3) is 0.400. The summed E-state index contributed by atoms with van der Waals surface area (Å²) in [6.07, 6.45) is 2.97. The summed E-state index contributed by atoms with van der Waals surface area (Å²) in [6.45, 7) is 1.44. The van der Waals surface area contributed by atoms with Crippen molar-refractivity contribution >= 4 is 15.9 Å². The molecule has 1 aliphatic heterocycles. The number of nitrogens with zero attached hydrogens (tertiary/aromatic N) is 2. The molecule has 0 spiro atoms. The highest BCUT2D eigenvalue weighted by atomic mass is 79.9. The fourth-order valence-electron chi connectivity index (χ4n) is 2.63. The summed E-state index contributed by atoms with van der Waals surface area (Å²) >= 11 is 3.67. The Balaban J connectivity index is 2.03. The second kappa shape index (κ2) is 5.58. The SMILES string of the molecule is Cn1nc(-c2ccc3c(c2)CCCO3)c(Br)c1CCN. The number of hydrogen-bond acceptors (Lipinski definition) is 3. The number of fused-ring (bicyclic) bond motifs is 1. The minimum absolute atomic E-state index is 0.621. The van der Waals surface area contributed by atoms with Crippen LogP contribution in [0.15, 0.2) is 22.7 Å². The van der Waals surface area contributed by atoms with Gasteiger partial charge in [-0.05, 0) is 59.1 Å². The minimum atomic E-state index is 0.621. The van der Waals surface area contributed by atoms with Crippen molar-refractivity contribution in [3.05, 3.63) is 33.9 Å². The first-order chi connectivity index (χ1) is 9.70. The molecule has 0 atom stereocenters. The highest BCUT2D eigenvalue weighted by Gasteiger charge is 2.17. The molecule has 20 heavy (non-hydrogen) atoms. The van der Waals surface area contributed by atoms with Gasteiger partial charge in [0.2, 0.25) is 0 Å². The van der Waals surface area contributed by atoms with Gasteiger partial charge in [-0.1, -0.05) is 0 Å². The quantitative estimate of drug-likeness (QED) is 0.938. The van der Waals surface area contributed by atoms with Gasteiger partial charge in [0.1, 0.15) is 11.4 Å². The summed E-state index contributed by atoms with van der Waals surface area (Å²) in [6, 6.07) is 6.31. The predicted molar refractivity (Wildman–Crippen MR) is 82.9 cm³/mol. The van der Waals surface area contributed by atoms with Gasteiger partial charge in [0.15, 0.2) is 0 Å². The molecule has 0 fully saturated rings. The zero-order valence-corrected chi connectivity index (χ0v) is 13.1. The van der Waals surface area contributed by atoms with E-state index >= 15 is 0 Å². The number of ether oxygens (including phenoxy) is 1. The summed E-state index contributed by atoms with van der Waals surface area (Å²) in [5.74, 6) is 1.01. The van der Waals surface area contributed by atoms with Crippen LogP contribution < -0.4 is 10.5 Å². The largest absolute Gasteiger partial charge is 0.493 e. The lowest BCUT2D eigenvalue weighted by atomic mass is 10.0. The van der Waals surface area contributed by atoms with Crippen molar-refractivity contribution in [1.29, 1.82) is 0 Å². The van der Waals surface area contributed by atoms with Gasteiger partial charge in [0, 0.05) is 19.0 Å². The molecule has 3 rings (SSSR count). The number of aryl methyl sites for hydroxylation is 2. The van der Waals surface area contributed by atoms with Crippen LogP contribution in [-0.4, -0.2) is 22.9 Å². The Hall–Kier alpha value is -1.33. The molecule has 0 bridgehead atoms. The number of rotatable bonds is 3. The molecule has 106 valence electrons. The number of nitrogens with two attached hydrogens (primary N) is 1. The molecule has 0 saturated carbocycles. The molecule has 0 unspecified atom stereocenters. The second-order valence-electron chi connectivity index (χ2n) is 5.05. The van der Waals surface area contributed by atoms with Crippen molar-refractivity contribution in [3.8, 4) is 17.0 Å². The van der Waals surface area contributed by atoms with Gasteiger partial charge in [-0.25, -0.2) is 0 Å². The van der Waals surface area contributed by atoms with Crippen molar-refractivity contribution in [2.75, 3.05) is 13.2 Å². The van der Waals surface area contributed by atoms with E-state index in [1.165, 1.54) is 5.56 Å². The molecule has 0 aliphatic carbocycles. The average Bonchev–Trinajstić information content (AvgIpc) is 2.75. The maximum Gasteiger partial charge on any atom is 0.122 e. The molecule has 1 aromatic carbocycles. The van der Waals surface area contributed by atoms with Gasteiger partial charge in [-0.2, -0.15) is 5.10 Å². The van der Waals surface area contributed by atoms with Crippen LogP contribution >= 0.6 is 15.9 Å². The Kier molecular flexibility index (Phi) is 3.81. The number of halogens is 1. The van der Waals surface area contributed by atoms with E-state index in [1.807, 2.05) is 17.8 Å². The van der Waals surface area contributed by atoms with E-state index in [2.05, 4.69) is 33.2 Å². The van der Waals surface area contributed by atoms with Crippen LogP contribution in [-0.2, 0) is 19.9 Å². The molecule has 2 N–H and O–H groups in total. The van der Waals surface area contributed by atoms with E-state index in [0.717, 1.165) is 53.0 Å². The van der Waals surface area contributed by atoms with E-state index in [1.54, 1.807) is 0 Å². The van der Waals surface area contributed by atoms with E-state index < -0.39 is 0 Å². The average molecular weight is 336 g/mol. The van der Waals surface area contributed by atoms with Crippen LogP contribution in [0, 0.1) is 0 Å². The second-order valence-corrected chi connectivity index (χ2v) is 5.84. The van der Waals surface area contributed by atoms with Crippen molar-refractivity contribution in [2.45, 2.75) is 19.3 Å². The topological polar surface area (TPSA) is 53.1 Å². The van der Waals surface area contributed by atoms with Gasteiger partial charge in [0.25, 0.3) is 0 Å². The fourth-order valence-corrected chi connectivity index (χ4v) is 3.40. The summed E-state index contributed by atoms with van der Waals surface area (Å²) in [5, 5.41) is 4.62. The summed E-state index contributed by atoms with van der Waals surface area (Å²) in [7, 11) is 1.96. The molecular weight excluding hydrogens is 318 g/mol. The summed E-state index contributed by atoms with van der Waals surface area (Å²) in [4.78, 5) is 0. The van der Waals surface area contributed by atoms with Gasteiger partial charge < -0.3 is 10.5 Å². The third-order valence-corrected chi connectivity index (χ3v) is 4.50. The van der Waals surface area contributed by atoms with Gasteiger partial charge in [0.05, 0.1) is 16.8 Å². The Morgan fingerprint density at radius 3 is 3.10 bits per heavy atom. The maximum atomic E-state index is 5.66. The lowest BCUT2D eigenvalue weighted by Crippen LogP contribution is -2.08. The lowest BCUT2D eigenvalue weighted by Gasteiger charge is -2.17. The van der Waals surface area contributed by atoms with Gasteiger partial charge in [-0.15, -0.1) is 0 Å². The Labute approximate surface area is 127 Å². The van der Waals surface area contributed by atoms with Crippen LogP contribution in [0.2, 0.25) is 0 Å². The number of hydrogen-bond donors (Lipinski definition) is 1. The molecule has 5 heteroatoms. The Bertz CT molecular complexity index is 636. The normalized spacial score (nSPS) is 13.9. The van der Waals surface area contributed by atoms with E-state index in [0.29, 0.717) is 6.54 Å². The van der Waals surface area contributed by atoms with E-state index in [-0.39, 0.29) is 0 Å². The molecule has 0 radical (unpaired) electrons. The molecule has 0 amide bonds. The molecule has 0 saturated heterocycles. The Morgan fingerprint density at radius 2 is 2.30 bits per heavy atom. The first-order valence-corrected chi connectivity index (χ1v) is 7.67. The first-order valence-electron chi connectivity index (χ1n) is 6.88. The molecule has 2 aromatic rings. The monoisotopic (exact) mass is 335 g/mol. The molecule has 1 aromatic heterocycles. The Morgan fingerprint density at radius 1 is 1.45 bits per heavy atom. The van der Waals surface area contributed by atoms with E-state index in [4.69, 9.17) is 10.5 Å². The summed E-state index contributed by atoms with van der Waals surface area (Å²) < 4.78 is 8.61. The highest BCUT2D eigenvalue weighted by Crippen LogP contribution is 2.34. The van der Waals surface area contributed by atoms with Crippen LogP contribution in [0.5, 0.6) is 5.75 Å². The third-order valence-electron chi connectivity index (χ3n) is 3.66. The lowest BCUT2D eigenvalue weighted by molar-refractivity contribution is 0.288. The molecular formula is C15H18BrN3O. The van der Waals surface area contributed by atoms with Crippen molar-refractivity contribution in [1.82, 2.24) is 9.78 Å². The first kappa shape index (κ1) is 13.6. The number of aromatic nitrogens is 2. The minimum Gasteiger partial charge on any atom is -0.493 e. The highest BCUT2D eigenvalue weighted by molar-refractivity contribution is 9.10. The third kappa shape index (κ3) is 2.36. The standard InChI is InChI=1S/C15H18BrN3O/c1-19-12(6-7-17)14(16)15(18-19)11-4-5-13-10(9-11)3-2-8-20-13/h4-5,9H,2-3,6-8,17H2,1H3. The maximum absolute atomic E-state index is 5.66. The molecule has 4 nitrogen and oxygen atoms in total. The molecule has 1 aliphatic rings. The van der Waals surface area contributed by atoms with Crippen molar-refractivity contribution in [2.24, 2.45) is 12.8 Å². The zero-order chi connectivity index (χ0) is 14.1. The van der Waals surface area contributed by atoms with E-state index in [9.17, 15) is 0 Å². The van der Waals surface area contributed by atoms with Crippen LogP contribution in [0.25, 0.3) is 11.3 Å². The smallest absolute Gasteiger partial charge is 0.122 e. The number of benzene rings is 1. The van der Waals surface area contributed by atoms with Crippen LogP contribution in [0.4, 0.5) is 0 Å². The zero-order valence-electron chi connectivity index (χ0n) is 11.5. The molecule has 2 heterocycles. The van der Waals surface area contributed by atoms with Crippen molar-refractivity contribution in [3.63, 3.8) is 0 Å². The van der Waals surface area contributed by atoms with Gasteiger partial charge in [-0.3, -0.25) is 4.68 Å². The van der Waals surface area contributed by atoms with Crippen LogP contribution in [0.1, 0.15) is 17.7 Å². The van der Waals surface area contributed by atoms with Crippen LogP contribution in [0.3, 0.4) is 0 Å². The summed E-state index contributed by atoms with van der Waals surface area (Å²) in [5.41, 5.74) is 10.2.